The fourth-order valence-electron chi connectivity index (χ4n) is 3.00. The van der Waals surface area contributed by atoms with Crippen molar-refractivity contribution < 1.29 is 9.53 Å². The molecule has 124 valence electrons. The molecular formula is C18H36O2Si. The number of hydrogen-bond acceptors (Lipinski definition) is 2. The van der Waals surface area contributed by atoms with E-state index in [0.717, 1.165) is 6.42 Å². The molecule has 21 heavy (non-hydrogen) atoms. The van der Waals surface area contributed by atoms with Gasteiger partial charge < -0.3 is 9.53 Å². The van der Waals surface area contributed by atoms with Gasteiger partial charge in [-0.15, -0.1) is 0 Å². The molecule has 0 aliphatic heterocycles. The normalized spacial score (nSPS) is 26.3. The highest BCUT2D eigenvalue weighted by Gasteiger charge is 2.41. The highest BCUT2D eigenvalue weighted by atomic mass is 28.4. The quantitative estimate of drug-likeness (QED) is 0.533. The molecule has 0 spiro atoms. The third-order valence-electron chi connectivity index (χ3n) is 5.35. The summed E-state index contributed by atoms with van der Waals surface area (Å²) < 4.78 is 6.75. The maximum Gasteiger partial charge on any atom is 0.192 e. The molecule has 2 nitrogen and oxygen atoms in total. The first-order valence-corrected chi connectivity index (χ1v) is 11.6. The molecule has 1 aliphatic carbocycles. The molecule has 0 aromatic heterocycles. The van der Waals surface area contributed by atoms with Gasteiger partial charge in [0, 0.05) is 5.92 Å². The lowest BCUT2D eigenvalue weighted by Gasteiger charge is -2.44. The van der Waals surface area contributed by atoms with Crippen LogP contribution in [0.2, 0.25) is 18.1 Å². The molecule has 0 saturated heterocycles. The van der Waals surface area contributed by atoms with Gasteiger partial charge in [-0.3, -0.25) is 0 Å². The number of aliphatic hydroxyl groups is 1. The summed E-state index contributed by atoms with van der Waals surface area (Å²) in [7, 11) is -1.72. The van der Waals surface area contributed by atoms with Crippen LogP contribution in [0.1, 0.15) is 66.2 Å². The molecular weight excluding hydrogens is 276 g/mol. The third kappa shape index (κ3) is 5.22. The van der Waals surface area contributed by atoms with Gasteiger partial charge in [0.25, 0.3) is 0 Å². The molecule has 0 heterocycles. The monoisotopic (exact) mass is 312 g/mol. The van der Waals surface area contributed by atoms with Crippen molar-refractivity contribution in [1.82, 2.24) is 0 Å². The van der Waals surface area contributed by atoms with E-state index in [0.29, 0.717) is 12.0 Å². The van der Waals surface area contributed by atoms with E-state index < -0.39 is 8.32 Å². The van der Waals surface area contributed by atoms with E-state index in [1.807, 2.05) is 6.08 Å². The maximum absolute atomic E-state index is 9.30. The number of hydrogen-bond donors (Lipinski definition) is 1. The maximum atomic E-state index is 9.30. The van der Waals surface area contributed by atoms with Crippen molar-refractivity contribution in [2.24, 2.45) is 5.92 Å². The Morgan fingerprint density at radius 1 is 1.33 bits per heavy atom. The van der Waals surface area contributed by atoms with Gasteiger partial charge in [0.2, 0.25) is 0 Å². The standard InChI is InChI=1S/C18H36O2Si/c1-7-8-11-16-15(13-14-19)10-9-12-17(16)20-21(5,6)18(2,3)4/h13,16-17,19H,7-12,14H2,1-6H3/b15-13-/t16-,17-/m0/s1. The van der Waals surface area contributed by atoms with Gasteiger partial charge in [0.1, 0.15) is 0 Å². The highest BCUT2D eigenvalue weighted by molar-refractivity contribution is 6.74. The zero-order valence-corrected chi connectivity index (χ0v) is 16.0. The van der Waals surface area contributed by atoms with Gasteiger partial charge in [-0.25, -0.2) is 0 Å². The first kappa shape index (κ1) is 18.9. The molecule has 1 N–H and O–H groups in total. The second-order valence-electron chi connectivity index (χ2n) is 8.02. The van der Waals surface area contributed by atoms with Crippen molar-refractivity contribution in [3.63, 3.8) is 0 Å². The SMILES string of the molecule is CCCC[C@H]1/C(=C\CO)CCC[C@@H]1O[Si](C)(C)C(C)(C)C. The summed E-state index contributed by atoms with van der Waals surface area (Å²) in [6.07, 6.45) is 9.64. The molecule has 1 saturated carbocycles. The minimum absolute atomic E-state index is 0.171. The lowest BCUT2D eigenvalue weighted by atomic mass is 9.79. The van der Waals surface area contributed by atoms with Crippen molar-refractivity contribution in [1.29, 1.82) is 0 Å². The van der Waals surface area contributed by atoms with Gasteiger partial charge in [0.05, 0.1) is 12.7 Å². The molecule has 3 heteroatoms. The molecule has 2 atom stereocenters. The van der Waals surface area contributed by atoms with Gasteiger partial charge in [-0.05, 0) is 43.8 Å². The second-order valence-corrected chi connectivity index (χ2v) is 12.8. The van der Waals surface area contributed by atoms with Crippen LogP contribution in [0.4, 0.5) is 0 Å². The van der Waals surface area contributed by atoms with Crippen LogP contribution in [-0.2, 0) is 4.43 Å². The molecule has 1 aliphatic rings. The van der Waals surface area contributed by atoms with Crippen molar-refractivity contribution in [3.8, 4) is 0 Å². The zero-order valence-electron chi connectivity index (χ0n) is 15.0. The average molecular weight is 313 g/mol. The van der Waals surface area contributed by atoms with Crippen LogP contribution in [0, 0.1) is 5.92 Å². The topological polar surface area (TPSA) is 29.5 Å². The predicted octanol–water partition coefficient (Wildman–Crippen LogP) is 5.29. The zero-order chi connectivity index (χ0) is 16.1. The minimum Gasteiger partial charge on any atom is -0.413 e. The van der Waals surface area contributed by atoms with Gasteiger partial charge in [0.15, 0.2) is 8.32 Å². The van der Waals surface area contributed by atoms with Gasteiger partial charge >= 0.3 is 0 Å². The lowest BCUT2D eigenvalue weighted by molar-refractivity contribution is 0.100. The van der Waals surface area contributed by atoms with E-state index >= 15 is 0 Å². The largest absolute Gasteiger partial charge is 0.413 e. The Hall–Kier alpha value is -0.123. The summed E-state index contributed by atoms with van der Waals surface area (Å²) >= 11 is 0. The van der Waals surface area contributed by atoms with Crippen LogP contribution in [0.25, 0.3) is 0 Å². The number of rotatable bonds is 6. The van der Waals surface area contributed by atoms with Crippen LogP contribution in [-0.4, -0.2) is 26.1 Å². The lowest BCUT2D eigenvalue weighted by Crippen LogP contribution is -2.46. The van der Waals surface area contributed by atoms with Gasteiger partial charge in [-0.1, -0.05) is 52.2 Å². The Labute approximate surface area is 133 Å². The molecule has 0 aromatic rings. The molecule has 0 bridgehead atoms. The van der Waals surface area contributed by atoms with E-state index in [9.17, 15) is 5.11 Å². The molecule has 0 radical (unpaired) electrons. The Morgan fingerprint density at radius 3 is 2.52 bits per heavy atom. The highest BCUT2D eigenvalue weighted by Crippen LogP contribution is 2.42. The molecule has 1 fully saturated rings. The minimum atomic E-state index is -1.72. The second kappa shape index (κ2) is 7.93. The Kier molecular flexibility index (Phi) is 7.15. The van der Waals surface area contributed by atoms with Crippen molar-refractivity contribution in [2.75, 3.05) is 6.61 Å². The van der Waals surface area contributed by atoms with E-state index in [4.69, 9.17) is 4.43 Å². The average Bonchev–Trinajstić information content (AvgIpc) is 2.36. The summed E-state index contributed by atoms with van der Waals surface area (Å²) in [4.78, 5) is 0. The van der Waals surface area contributed by atoms with E-state index in [-0.39, 0.29) is 11.6 Å². The van der Waals surface area contributed by atoms with E-state index in [2.05, 4.69) is 40.8 Å². The van der Waals surface area contributed by atoms with Crippen molar-refractivity contribution in [3.05, 3.63) is 11.6 Å². The smallest absolute Gasteiger partial charge is 0.192 e. The van der Waals surface area contributed by atoms with Crippen LogP contribution in [0.5, 0.6) is 0 Å². The Morgan fingerprint density at radius 2 is 2.00 bits per heavy atom. The molecule has 0 aromatic carbocycles. The number of aliphatic hydroxyl groups excluding tert-OH is 1. The summed E-state index contributed by atoms with van der Waals surface area (Å²) in [6, 6.07) is 0. The van der Waals surface area contributed by atoms with Crippen LogP contribution >= 0.6 is 0 Å². The summed E-state index contributed by atoms with van der Waals surface area (Å²) in [6.45, 7) is 14.1. The predicted molar refractivity (Wildman–Crippen MR) is 94.1 cm³/mol. The van der Waals surface area contributed by atoms with E-state index in [1.54, 1.807) is 0 Å². The Bertz CT molecular complexity index is 342. The van der Waals surface area contributed by atoms with Gasteiger partial charge in [-0.2, -0.15) is 0 Å². The van der Waals surface area contributed by atoms with Crippen LogP contribution < -0.4 is 0 Å². The fraction of sp³-hybridized carbons (Fsp3) is 0.889. The Balaban J connectivity index is 2.88. The third-order valence-corrected chi connectivity index (χ3v) is 9.86. The molecule has 0 amide bonds. The van der Waals surface area contributed by atoms with Crippen molar-refractivity contribution >= 4 is 8.32 Å². The number of unbranched alkanes of at least 4 members (excludes halogenated alkanes) is 1. The first-order chi connectivity index (χ1) is 9.73. The van der Waals surface area contributed by atoms with Crippen LogP contribution in [0.15, 0.2) is 11.6 Å². The summed E-state index contributed by atoms with van der Waals surface area (Å²) in [5.41, 5.74) is 1.45. The summed E-state index contributed by atoms with van der Waals surface area (Å²) in [5, 5.41) is 9.57. The molecule has 0 unspecified atom stereocenters. The van der Waals surface area contributed by atoms with Crippen LogP contribution in [0.3, 0.4) is 0 Å². The van der Waals surface area contributed by atoms with E-state index in [1.165, 1.54) is 37.7 Å². The van der Waals surface area contributed by atoms with Crippen molar-refractivity contribution in [2.45, 2.75) is 90.5 Å². The summed E-state index contributed by atoms with van der Waals surface area (Å²) in [5.74, 6) is 0.528. The molecule has 1 rings (SSSR count). The first-order valence-electron chi connectivity index (χ1n) is 8.70. The fourth-order valence-corrected chi connectivity index (χ4v) is 4.39.